The SMILES string of the molecule is COc1ccc(-c2cc(N3C[C@H](O)C[C@H]3CO)ncc2N(C)C(=O)C(C)(C)c2cc(C(F)(F)F)cc(C(F)(F)F)c2)c(OC)n1. The van der Waals surface area contributed by atoms with Crippen LogP contribution in [0.15, 0.2) is 42.6 Å². The predicted molar refractivity (Wildman–Crippen MR) is 152 cm³/mol. The fraction of sp³-hybridized carbons (Fsp3) is 0.433. The molecule has 4 rings (SSSR count). The first-order valence-electron chi connectivity index (χ1n) is 13.7. The summed E-state index contributed by atoms with van der Waals surface area (Å²) in [5.41, 5.74) is -4.65. The zero-order valence-corrected chi connectivity index (χ0v) is 25.0. The normalized spacial score (nSPS) is 17.4. The number of aliphatic hydroxyl groups is 2. The van der Waals surface area contributed by atoms with E-state index in [-0.39, 0.29) is 43.1 Å². The fourth-order valence-electron chi connectivity index (χ4n) is 5.29. The molecule has 1 fully saturated rings. The number of aliphatic hydroxyl groups excluding tert-OH is 2. The number of carbonyl (C=O) groups excluding carboxylic acids is 1. The minimum atomic E-state index is -5.10. The molecule has 2 N–H and O–H groups in total. The summed E-state index contributed by atoms with van der Waals surface area (Å²) in [6.07, 6.45) is -9.33. The minimum Gasteiger partial charge on any atom is -0.481 e. The van der Waals surface area contributed by atoms with Crippen molar-refractivity contribution in [2.75, 3.05) is 44.2 Å². The average molecular weight is 643 g/mol. The molecule has 0 aliphatic carbocycles. The second-order valence-electron chi connectivity index (χ2n) is 11.1. The van der Waals surface area contributed by atoms with Crippen molar-refractivity contribution in [2.45, 2.75) is 50.2 Å². The number of halogens is 6. The van der Waals surface area contributed by atoms with Crippen LogP contribution >= 0.6 is 0 Å². The van der Waals surface area contributed by atoms with Gasteiger partial charge in [-0.15, -0.1) is 0 Å². The maximum Gasteiger partial charge on any atom is 0.416 e. The van der Waals surface area contributed by atoms with Crippen molar-refractivity contribution < 1.29 is 50.8 Å². The van der Waals surface area contributed by atoms with E-state index in [1.807, 2.05) is 0 Å². The Labute approximate surface area is 255 Å². The maximum absolute atomic E-state index is 14.0. The molecule has 15 heteroatoms. The standard InChI is InChI=1S/C30H32F6N4O5/c1-28(2,16-8-17(29(31,32)33)10-18(9-16)30(34,35)36)27(43)39(3)23-13-37-24(40-14-20(42)11-19(40)15-41)12-22(23)21-6-7-25(44-4)38-26(21)45-5/h6-10,12-13,19-20,41-42H,11,14-15H2,1-5H3/t19-,20+/m0/s1. The lowest BCUT2D eigenvalue weighted by atomic mass is 9.81. The largest absolute Gasteiger partial charge is 0.481 e. The number of β-amino-alcohol motifs (C(OH)–C–C–N with tert-alkyl or cyclic N) is 1. The quantitative estimate of drug-likeness (QED) is 0.328. The van der Waals surface area contributed by atoms with Gasteiger partial charge in [-0.25, -0.2) is 4.98 Å². The molecule has 1 saturated heterocycles. The molecule has 0 unspecified atom stereocenters. The Morgan fingerprint density at radius 1 is 0.978 bits per heavy atom. The van der Waals surface area contributed by atoms with Crippen LogP contribution in [0.4, 0.5) is 37.8 Å². The number of rotatable bonds is 8. The highest BCUT2D eigenvalue weighted by atomic mass is 19.4. The number of benzene rings is 1. The number of pyridine rings is 2. The number of likely N-dealkylation sites (N-methyl/N-ethyl adjacent to an activating group) is 1. The Bertz CT molecular complexity index is 1530. The summed E-state index contributed by atoms with van der Waals surface area (Å²) < 4.78 is 92.4. The lowest BCUT2D eigenvalue weighted by molar-refractivity contribution is -0.143. The lowest BCUT2D eigenvalue weighted by Crippen LogP contribution is -2.42. The first kappa shape index (κ1) is 33.8. The second kappa shape index (κ2) is 12.4. The minimum absolute atomic E-state index is 0.00636. The third kappa shape index (κ3) is 6.78. The summed E-state index contributed by atoms with van der Waals surface area (Å²) in [5.74, 6) is -0.211. The van der Waals surface area contributed by atoms with E-state index >= 15 is 0 Å². The van der Waals surface area contributed by atoms with Crippen LogP contribution in [0.3, 0.4) is 0 Å². The Kier molecular flexibility index (Phi) is 9.27. The molecule has 1 aromatic carbocycles. The summed E-state index contributed by atoms with van der Waals surface area (Å²) in [7, 11) is 4.08. The van der Waals surface area contributed by atoms with Gasteiger partial charge in [-0.2, -0.15) is 31.3 Å². The van der Waals surface area contributed by atoms with E-state index < -0.39 is 52.5 Å². The van der Waals surface area contributed by atoms with Gasteiger partial charge in [-0.1, -0.05) is 0 Å². The average Bonchev–Trinajstić information content (AvgIpc) is 3.39. The third-order valence-electron chi connectivity index (χ3n) is 7.80. The van der Waals surface area contributed by atoms with Crippen molar-refractivity contribution in [3.8, 4) is 22.9 Å². The van der Waals surface area contributed by atoms with E-state index in [4.69, 9.17) is 9.47 Å². The summed E-state index contributed by atoms with van der Waals surface area (Å²) in [6.45, 7) is 2.35. The van der Waals surface area contributed by atoms with Crippen LogP contribution in [0.5, 0.6) is 11.8 Å². The molecule has 2 aromatic heterocycles. The molecule has 1 aliphatic rings. The van der Waals surface area contributed by atoms with Crippen molar-refractivity contribution in [3.63, 3.8) is 0 Å². The van der Waals surface area contributed by atoms with Crippen molar-refractivity contribution in [2.24, 2.45) is 0 Å². The maximum atomic E-state index is 14.0. The van der Waals surface area contributed by atoms with Gasteiger partial charge < -0.3 is 29.5 Å². The van der Waals surface area contributed by atoms with Crippen LogP contribution in [0.2, 0.25) is 0 Å². The topological polar surface area (TPSA) is 108 Å². The van der Waals surface area contributed by atoms with Gasteiger partial charge >= 0.3 is 12.4 Å². The summed E-state index contributed by atoms with van der Waals surface area (Å²) in [4.78, 5) is 25.5. The highest BCUT2D eigenvalue weighted by molar-refractivity contribution is 6.03. The van der Waals surface area contributed by atoms with Gasteiger partial charge in [0.25, 0.3) is 0 Å². The third-order valence-corrected chi connectivity index (χ3v) is 7.80. The van der Waals surface area contributed by atoms with Gasteiger partial charge in [0, 0.05) is 30.8 Å². The highest BCUT2D eigenvalue weighted by Gasteiger charge is 2.41. The lowest BCUT2D eigenvalue weighted by Gasteiger charge is -2.32. The van der Waals surface area contributed by atoms with Crippen LogP contribution < -0.4 is 19.3 Å². The molecule has 0 radical (unpaired) electrons. The second-order valence-corrected chi connectivity index (χ2v) is 11.1. The number of anilines is 2. The molecule has 0 saturated carbocycles. The van der Waals surface area contributed by atoms with E-state index in [1.165, 1.54) is 47.4 Å². The number of hydrogen-bond donors (Lipinski definition) is 2. The van der Waals surface area contributed by atoms with Gasteiger partial charge in [-0.3, -0.25) is 4.79 Å². The first-order chi connectivity index (χ1) is 20.9. The first-order valence-corrected chi connectivity index (χ1v) is 13.7. The Hall–Kier alpha value is -4.11. The number of methoxy groups -OCH3 is 2. The van der Waals surface area contributed by atoms with Crippen molar-refractivity contribution in [3.05, 3.63) is 59.3 Å². The van der Waals surface area contributed by atoms with Gasteiger partial charge in [-0.05, 0) is 56.2 Å². The number of nitrogens with zero attached hydrogens (tertiary/aromatic N) is 4. The van der Waals surface area contributed by atoms with Crippen LogP contribution in [-0.4, -0.2) is 72.7 Å². The van der Waals surface area contributed by atoms with Gasteiger partial charge in [0.15, 0.2) is 0 Å². The Morgan fingerprint density at radius 3 is 2.11 bits per heavy atom. The predicted octanol–water partition coefficient (Wildman–Crippen LogP) is 5.07. The molecule has 3 heterocycles. The van der Waals surface area contributed by atoms with E-state index in [9.17, 15) is 41.4 Å². The molecule has 1 amide bonds. The van der Waals surface area contributed by atoms with E-state index in [2.05, 4.69) is 9.97 Å². The summed E-state index contributed by atoms with van der Waals surface area (Å²) in [5, 5.41) is 20.1. The van der Waals surface area contributed by atoms with Crippen LogP contribution in [-0.2, 0) is 22.6 Å². The number of carbonyl (C=O) groups is 1. The van der Waals surface area contributed by atoms with E-state index in [0.717, 1.165) is 4.90 Å². The van der Waals surface area contributed by atoms with E-state index in [1.54, 1.807) is 17.0 Å². The Balaban J connectivity index is 1.87. The molecule has 3 aromatic rings. The van der Waals surface area contributed by atoms with Crippen LogP contribution in [0, 0.1) is 0 Å². The van der Waals surface area contributed by atoms with E-state index in [0.29, 0.717) is 29.1 Å². The zero-order valence-electron chi connectivity index (χ0n) is 25.0. The number of hydrogen-bond acceptors (Lipinski definition) is 8. The molecule has 0 bridgehead atoms. The molecular formula is C30H32F6N4O5. The molecule has 9 nitrogen and oxygen atoms in total. The van der Waals surface area contributed by atoms with Crippen molar-refractivity contribution in [1.82, 2.24) is 9.97 Å². The highest BCUT2D eigenvalue weighted by Crippen LogP contribution is 2.42. The fourth-order valence-corrected chi connectivity index (χ4v) is 5.29. The van der Waals surface area contributed by atoms with Crippen molar-refractivity contribution >= 4 is 17.4 Å². The number of aromatic nitrogens is 2. The van der Waals surface area contributed by atoms with Gasteiger partial charge in [0.1, 0.15) is 5.82 Å². The number of amides is 1. The number of alkyl halides is 6. The molecule has 1 aliphatic heterocycles. The molecule has 244 valence electrons. The Morgan fingerprint density at radius 2 is 1.58 bits per heavy atom. The summed E-state index contributed by atoms with van der Waals surface area (Å²) in [6, 6.07) is 5.33. The van der Waals surface area contributed by atoms with Crippen molar-refractivity contribution in [1.29, 1.82) is 0 Å². The summed E-state index contributed by atoms with van der Waals surface area (Å²) >= 11 is 0. The molecular weight excluding hydrogens is 610 g/mol. The van der Waals surface area contributed by atoms with Crippen LogP contribution in [0.25, 0.3) is 11.1 Å². The van der Waals surface area contributed by atoms with Gasteiger partial charge in [0.05, 0.1) is 61.4 Å². The van der Waals surface area contributed by atoms with Crippen LogP contribution in [0.1, 0.15) is 37.0 Å². The van der Waals surface area contributed by atoms with Gasteiger partial charge in [0.2, 0.25) is 17.7 Å². The zero-order chi connectivity index (χ0) is 33.5. The molecule has 45 heavy (non-hydrogen) atoms. The molecule has 0 spiro atoms. The smallest absolute Gasteiger partial charge is 0.416 e. The number of ether oxygens (including phenoxy) is 2. The molecule has 2 atom stereocenters. The monoisotopic (exact) mass is 642 g/mol.